The van der Waals surface area contributed by atoms with Crippen molar-refractivity contribution in [2.45, 2.75) is 18.2 Å². The maximum atomic E-state index is 13.0. The highest BCUT2D eigenvalue weighted by molar-refractivity contribution is 7.92. The number of aryl methyl sites for hydroxylation is 2. The van der Waals surface area contributed by atoms with Crippen LogP contribution in [0.1, 0.15) is 22.8 Å². The Morgan fingerprint density at radius 2 is 1.75 bits per heavy atom. The van der Waals surface area contributed by atoms with E-state index in [0.29, 0.717) is 10.4 Å². The number of hydrogen-bond acceptors (Lipinski definition) is 4. The lowest BCUT2D eigenvalue weighted by atomic mass is 10.2. The van der Waals surface area contributed by atoms with Gasteiger partial charge in [-0.3, -0.25) is 9.52 Å². The van der Waals surface area contributed by atoms with Crippen LogP contribution in [0.2, 0.25) is 0 Å². The van der Waals surface area contributed by atoms with Crippen molar-refractivity contribution < 1.29 is 17.6 Å². The molecular formula is C23H20FN3O3S2. The molecule has 0 radical (unpaired) electrons. The summed E-state index contributed by atoms with van der Waals surface area (Å²) in [6.45, 7) is 2.09. The number of rotatable bonds is 5. The van der Waals surface area contributed by atoms with Crippen LogP contribution in [0.3, 0.4) is 0 Å². The minimum atomic E-state index is -3.86. The van der Waals surface area contributed by atoms with Crippen molar-refractivity contribution in [3.63, 3.8) is 0 Å². The fourth-order valence-corrected chi connectivity index (χ4v) is 5.30. The second-order valence-electron chi connectivity index (χ2n) is 7.15. The lowest BCUT2D eigenvalue weighted by Crippen LogP contribution is -2.14. The number of carbonyl (C=O) groups is 1. The Hall–Kier alpha value is -3.30. The number of nitrogens with one attached hydrogen (secondary N) is 1. The molecule has 0 fully saturated rings. The summed E-state index contributed by atoms with van der Waals surface area (Å²) in [6, 6.07) is 16.7. The molecule has 1 N–H and O–H groups in total. The fraction of sp³-hybridized carbons (Fsp3) is 0.130. The van der Waals surface area contributed by atoms with Gasteiger partial charge in [0.15, 0.2) is 4.80 Å². The van der Waals surface area contributed by atoms with Gasteiger partial charge in [-0.1, -0.05) is 24.3 Å². The average molecular weight is 470 g/mol. The first-order chi connectivity index (χ1) is 15.3. The van der Waals surface area contributed by atoms with Crippen LogP contribution in [0, 0.1) is 5.82 Å². The molecule has 9 heteroatoms. The monoisotopic (exact) mass is 469 g/mol. The van der Waals surface area contributed by atoms with E-state index in [0.717, 1.165) is 28.8 Å². The summed E-state index contributed by atoms with van der Waals surface area (Å²) in [6.07, 6.45) is 0.931. The van der Waals surface area contributed by atoms with Gasteiger partial charge in [-0.2, -0.15) is 4.99 Å². The number of halogens is 1. The van der Waals surface area contributed by atoms with Crippen LogP contribution in [0.5, 0.6) is 0 Å². The van der Waals surface area contributed by atoms with Crippen LogP contribution in [0.25, 0.3) is 10.2 Å². The predicted octanol–water partition coefficient (Wildman–Crippen LogP) is 4.48. The van der Waals surface area contributed by atoms with E-state index in [1.165, 1.54) is 53.3 Å². The Labute approximate surface area is 188 Å². The molecule has 6 nitrogen and oxygen atoms in total. The molecule has 0 saturated heterocycles. The summed E-state index contributed by atoms with van der Waals surface area (Å²) < 4.78 is 43.2. The van der Waals surface area contributed by atoms with Crippen LogP contribution in [0.4, 0.5) is 10.1 Å². The molecule has 164 valence electrons. The Bertz CT molecular complexity index is 1470. The van der Waals surface area contributed by atoms with Crippen LogP contribution in [-0.4, -0.2) is 18.9 Å². The van der Waals surface area contributed by atoms with Gasteiger partial charge >= 0.3 is 0 Å². The lowest BCUT2D eigenvalue weighted by molar-refractivity contribution is 0.0998. The number of thiazole rings is 1. The quantitative estimate of drug-likeness (QED) is 0.468. The third-order valence-electron chi connectivity index (χ3n) is 4.99. The summed E-state index contributed by atoms with van der Waals surface area (Å²) in [5.41, 5.74) is 2.84. The Morgan fingerprint density at radius 3 is 2.41 bits per heavy atom. The third kappa shape index (κ3) is 4.49. The minimum absolute atomic E-state index is 0.0578. The van der Waals surface area contributed by atoms with Gasteiger partial charge in [0.2, 0.25) is 0 Å². The number of aromatic nitrogens is 1. The normalized spacial score (nSPS) is 12.3. The molecule has 0 spiro atoms. The van der Waals surface area contributed by atoms with Gasteiger partial charge in [0.05, 0.1) is 15.1 Å². The Kier molecular flexibility index (Phi) is 5.94. The van der Waals surface area contributed by atoms with Gasteiger partial charge in [-0.25, -0.2) is 12.8 Å². The number of amides is 1. The van der Waals surface area contributed by atoms with E-state index in [1.54, 1.807) is 0 Å². The Balaban J connectivity index is 1.56. The van der Waals surface area contributed by atoms with Crippen LogP contribution < -0.4 is 9.52 Å². The molecule has 32 heavy (non-hydrogen) atoms. The summed E-state index contributed by atoms with van der Waals surface area (Å²) in [5, 5.41) is 0. The van der Waals surface area contributed by atoms with E-state index in [1.807, 2.05) is 17.7 Å². The number of sulfonamides is 1. The standard InChI is InChI=1S/C23H20FN3O3S2/c1-3-15-4-13-20-21(14-15)31-23(27(20)2)25-22(28)16-5-9-18(10-6-16)26-32(29,30)19-11-7-17(24)8-12-19/h4-14,26H,3H2,1-2H3. The van der Waals surface area contributed by atoms with Gasteiger partial charge in [-0.05, 0) is 72.6 Å². The number of nitrogens with zero attached hydrogens (tertiary/aromatic N) is 2. The second-order valence-corrected chi connectivity index (χ2v) is 9.84. The highest BCUT2D eigenvalue weighted by Crippen LogP contribution is 2.20. The minimum Gasteiger partial charge on any atom is -0.319 e. The molecule has 0 atom stereocenters. The first-order valence-electron chi connectivity index (χ1n) is 9.83. The molecular weight excluding hydrogens is 449 g/mol. The van der Waals surface area contributed by atoms with E-state index < -0.39 is 21.7 Å². The number of fused-ring (bicyclic) bond motifs is 1. The molecule has 4 rings (SSSR count). The largest absolute Gasteiger partial charge is 0.319 e. The SMILES string of the molecule is CCc1ccc2c(c1)sc(=NC(=O)c1ccc(NS(=O)(=O)c3ccc(F)cc3)cc1)n2C. The predicted molar refractivity (Wildman–Crippen MR) is 124 cm³/mol. The number of anilines is 1. The summed E-state index contributed by atoms with van der Waals surface area (Å²) in [4.78, 5) is 17.4. The van der Waals surface area contributed by atoms with Gasteiger partial charge in [0.25, 0.3) is 15.9 Å². The molecule has 0 aliphatic carbocycles. The summed E-state index contributed by atoms with van der Waals surface area (Å²) >= 11 is 1.44. The third-order valence-corrected chi connectivity index (χ3v) is 7.48. The van der Waals surface area contributed by atoms with Crippen LogP contribution >= 0.6 is 11.3 Å². The summed E-state index contributed by atoms with van der Waals surface area (Å²) in [5.74, 6) is -0.941. The molecule has 1 amide bonds. The highest BCUT2D eigenvalue weighted by Gasteiger charge is 2.15. The van der Waals surface area contributed by atoms with Crippen molar-refractivity contribution in [2.24, 2.45) is 12.0 Å². The number of benzene rings is 3. The van der Waals surface area contributed by atoms with E-state index >= 15 is 0 Å². The molecule has 0 aliphatic heterocycles. The van der Waals surface area contributed by atoms with Crippen molar-refractivity contribution in [3.05, 3.63) is 88.5 Å². The molecule has 4 aromatic rings. The zero-order chi connectivity index (χ0) is 22.9. The average Bonchev–Trinajstić information content (AvgIpc) is 3.08. The van der Waals surface area contributed by atoms with E-state index in [2.05, 4.69) is 28.8 Å². The summed E-state index contributed by atoms with van der Waals surface area (Å²) in [7, 11) is -2.00. The van der Waals surface area contributed by atoms with E-state index in [-0.39, 0.29) is 10.6 Å². The van der Waals surface area contributed by atoms with Crippen LogP contribution in [0.15, 0.2) is 76.6 Å². The first kappa shape index (κ1) is 21.9. The van der Waals surface area contributed by atoms with E-state index in [4.69, 9.17) is 0 Å². The molecule has 0 aliphatic rings. The molecule has 0 unspecified atom stereocenters. The molecule has 0 saturated carbocycles. The van der Waals surface area contributed by atoms with Crippen molar-refractivity contribution >= 4 is 43.2 Å². The van der Waals surface area contributed by atoms with Gasteiger partial charge < -0.3 is 4.57 Å². The molecule has 1 heterocycles. The molecule has 1 aromatic heterocycles. The van der Waals surface area contributed by atoms with Crippen LogP contribution in [-0.2, 0) is 23.5 Å². The van der Waals surface area contributed by atoms with Gasteiger partial charge in [-0.15, -0.1) is 0 Å². The Morgan fingerprint density at radius 1 is 1.06 bits per heavy atom. The zero-order valence-corrected chi connectivity index (χ0v) is 19.0. The topological polar surface area (TPSA) is 80.5 Å². The lowest BCUT2D eigenvalue weighted by Gasteiger charge is -2.08. The molecule has 3 aromatic carbocycles. The first-order valence-corrected chi connectivity index (χ1v) is 12.1. The van der Waals surface area contributed by atoms with Crippen molar-refractivity contribution in [1.82, 2.24) is 4.57 Å². The zero-order valence-electron chi connectivity index (χ0n) is 17.4. The van der Waals surface area contributed by atoms with E-state index in [9.17, 15) is 17.6 Å². The second kappa shape index (κ2) is 8.68. The van der Waals surface area contributed by atoms with Gasteiger partial charge in [0.1, 0.15) is 5.82 Å². The smallest absolute Gasteiger partial charge is 0.279 e. The van der Waals surface area contributed by atoms with Crippen molar-refractivity contribution in [3.8, 4) is 0 Å². The number of carbonyl (C=O) groups excluding carboxylic acids is 1. The maximum Gasteiger partial charge on any atom is 0.279 e. The number of hydrogen-bond donors (Lipinski definition) is 1. The van der Waals surface area contributed by atoms with Crippen molar-refractivity contribution in [2.75, 3.05) is 4.72 Å². The molecule has 0 bridgehead atoms. The van der Waals surface area contributed by atoms with Gasteiger partial charge in [0, 0.05) is 18.3 Å². The fourth-order valence-electron chi connectivity index (χ4n) is 3.17. The van der Waals surface area contributed by atoms with Crippen molar-refractivity contribution in [1.29, 1.82) is 0 Å². The maximum absolute atomic E-state index is 13.0. The highest BCUT2D eigenvalue weighted by atomic mass is 32.2.